The van der Waals surface area contributed by atoms with Crippen LogP contribution in [0.5, 0.6) is 0 Å². The van der Waals surface area contributed by atoms with Crippen LogP contribution in [0.3, 0.4) is 0 Å². The molecule has 0 aliphatic heterocycles. The van der Waals surface area contributed by atoms with Crippen LogP contribution >= 0.6 is 0 Å². The maximum atomic E-state index is 5.52. The predicted octanol–water partition coefficient (Wildman–Crippen LogP) is 3.52. The van der Waals surface area contributed by atoms with Crippen LogP contribution in [0, 0.1) is 0 Å². The number of rotatable bonds is 5. The first-order valence-electron chi connectivity index (χ1n) is 7.65. The number of nitrogens with two attached hydrogens (primary N) is 1. The molecular weight excluding hydrogens is 232 g/mol. The zero-order chi connectivity index (χ0) is 13.7. The maximum absolute atomic E-state index is 5.52. The Hall–Kier alpha value is -0.860. The summed E-state index contributed by atoms with van der Waals surface area (Å²) in [6.45, 7) is 6.01. The molecule has 0 amide bonds. The Labute approximate surface area is 117 Å². The molecule has 0 atom stereocenters. The summed E-state index contributed by atoms with van der Waals surface area (Å²) in [5.74, 6) is 0.799. The molecule has 19 heavy (non-hydrogen) atoms. The molecule has 1 aliphatic carbocycles. The fourth-order valence-electron chi connectivity index (χ4n) is 3.13. The first-order chi connectivity index (χ1) is 9.13. The van der Waals surface area contributed by atoms with E-state index in [1.807, 2.05) is 0 Å². The Morgan fingerprint density at radius 2 is 1.74 bits per heavy atom. The Bertz CT molecular complexity index is 375. The van der Waals surface area contributed by atoms with Crippen LogP contribution in [0.25, 0.3) is 0 Å². The van der Waals surface area contributed by atoms with E-state index >= 15 is 0 Å². The predicted molar refractivity (Wildman–Crippen MR) is 82.4 cm³/mol. The molecule has 2 nitrogen and oxygen atoms in total. The summed E-state index contributed by atoms with van der Waals surface area (Å²) in [5.41, 5.74) is 8.60. The largest absolute Gasteiger partial charge is 0.318 e. The summed E-state index contributed by atoms with van der Waals surface area (Å²) < 4.78 is 0. The smallest absolute Gasteiger partial charge is 0.0429 e. The van der Waals surface area contributed by atoms with Gasteiger partial charge in [0.15, 0.2) is 0 Å². The zero-order valence-corrected chi connectivity index (χ0v) is 12.4. The van der Waals surface area contributed by atoms with Crippen molar-refractivity contribution < 1.29 is 0 Å². The van der Waals surface area contributed by atoms with Crippen molar-refractivity contribution in [3.63, 3.8) is 0 Å². The molecule has 106 valence electrons. The molecule has 0 unspecified atom stereocenters. The summed E-state index contributed by atoms with van der Waals surface area (Å²) in [5, 5.41) is 3.24. The average molecular weight is 260 g/mol. The molecule has 2 rings (SSSR count). The van der Waals surface area contributed by atoms with Crippen LogP contribution < -0.4 is 11.1 Å². The van der Waals surface area contributed by atoms with Crippen LogP contribution in [0.4, 0.5) is 0 Å². The van der Waals surface area contributed by atoms with Gasteiger partial charge in [0.05, 0.1) is 0 Å². The van der Waals surface area contributed by atoms with Crippen LogP contribution in [0.2, 0.25) is 0 Å². The third kappa shape index (κ3) is 3.80. The SMILES string of the molecule is CC(C)(CNCN)c1ccc(C2CCCCC2)cc1. The zero-order valence-electron chi connectivity index (χ0n) is 12.4. The number of nitrogens with one attached hydrogen (secondary N) is 1. The lowest BCUT2D eigenvalue weighted by atomic mass is 9.80. The van der Waals surface area contributed by atoms with Crippen molar-refractivity contribution in [1.82, 2.24) is 5.32 Å². The minimum atomic E-state index is 0.143. The second-order valence-corrected chi connectivity index (χ2v) is 6.47. The second-order valence-electron chi connectivity index (χ2n) is 6.47. The van der Waals surface area contributed by atoms with E-state index in [2.05, 4.69) is 43.4 Å². The summed E-state index contributed by atoms with van der Waals surface area (Å²) in [7, 11) is 0. The van der Waals surface area contributed by atoms with E-state index in [4.69, 9.17) is 5.73 Å². The summed E-state index contributed by atoms with van der Waals surface area (Å²) in [6.07, 6.45) is 6.97. The van der Waals surface area contributed by atoms with Crippen LogP contribution in [-0.2, 0) is 5.41 Å². The van der Waals surface area contributed by atoms with E-state index in [0.29, 0.717) is 6.67 Å². The van der Waals surface area contributed by atoms with Gasteiger partial charge >= 0.3 is 0 Å². The van der Waals surface area contributed by atoms with E-state index in [1.54, 1.807) is 0 Å². The van der Waals surface area contributed by atoms with Gasteiger partial charge in [0.25, 0.3) is 0 Å². The van der Waals surface area contributed by atoms with Gasteiger partial charge in [-0.2, -0.15) is 0 Å². The molecule has 1 aromatic rings. The second kappa shape index (κ2) is 6.53. The number of hydrogen-bond acceptors (Lipinski definition) is 2. The van der Waals surface area contributed by atoms with E-state index in [-0.39, 0.29) is 5.41 Å². The molecule has 0 spiro atoms. The van der Waals surface area contributed by atoms with Crippen molar-refractivity contribution >= 4 is 0 Å². The van der Waals surface area contributed by atoms with E-state index in [1.165, 1.54) is 43.2 Å². The summed E-state index contributed by atoms with van der Waals surface area (Å²) >= 11 is 0. The van der Waals surface area contributed by atoms with Crippen molar-refractivity contribution in [1.29, 1.82) is 0 Å². The highest BCUT2D eigenvalue weighted by atomic mass is 15.0. The Morgan fingerprint density at radius 3 is 2.32 bits per heavy atom. The monoisotopic (exact) mass is 260 g/mol. The number of hydrogen-bond donors (Lipinski definition) is 2. The average Bonchev–Trinajstić information content (AvgIpc) is 2.46. The quantitative estimate of drug-likeness (QED) is 0.795. The van der Waals surface area contributed by atoms with Crippen molar-refractivity contribution in [2.24, 2.45) is 5.73 Å². The van der Waals surface area contributed by atoms with Gasteiger partial charge in [-0.15, -0.1) is 0 Å². The Balaban J connectivity index is 2.04. The lowest BCUT2D eigenvalue weighted by Gasteiger charge is -2.27. The molecular formula is C17H28N2. The molecule has 1 saturated carbocycles. The summed E-state index contributed by atoms with van der Waals surface area (Å²) in [4.78, 5) is 0. The minimum Gasteiger partial charge on any atom is -0.318 e. The molecule has 1 fully saturated rings. The van der Waals surface area contributed by atoms with Crippen molar-refractivity contribution in [3.8, 4) is 0 Å². The molecule has 0 saturated heterocycles. The molecule has 3 N–H and O–H groups in total. The first kappa shape index (κ1) is 14.5. The first-order valence-corrected chi connectivity index (χ1v) is 7.65. The number of benzene rings is 1. The van der Waals surface area contributed by atoms with Crippen molar-refractivity contribution in [3.05, 3.63) is 35.4 Å². The summed E-state index contributed by atoms with van der Waals surface area (Å²) in [6, 6.07) is 9.30. The molecule has 0 bridgehead atoms. The van der Waals surface area contributed by atoms with Gasteiger partial charge in [-0.05, 0) is 29.9 Å². The van der Waals surface area contributed by atoms with E-state index < -0.39 is 0 Å². The highest BCUT2D eigenvalue weighted by Gasteiger charge is 2.21. The van der Waals surface area contributed by atoms with Gasteiger partial charge in [-0.1, -0.05) is 57.4 Å². The van der Waals surface area contributed by atoms with Gasteiger partial charge in [-0.3, -0.25) is 0 Å². The fraction of sp³-hybridized carbons (Fsp3) is 0.647. The van der Waals surface area contributed by atoms with Gasteiger partial charge in [-0.25, -0.2) is 0 Å². The molecule has 0 aromatic heterocycles. The fourth-order valence-corrected chi connectivity index (χ4v) is 3.13. The van der Waals surface area contributed by atoms with Crippen LogP contribution in [0.15, 0.2) is 24.3 Å². The Kier molecular flexibility index (Phi) is 5.00. The van der Waals surface area contributed by atoms with Gasteiger partial charge < -0.3 is 11.1 Å². The third-order valence-corrected chi connectivity index (χ3v) is 4.48. The van der Waals surface area contributed by atoms with E-state index in [0.717, 1.165) is 12.5 Å². The van der Waals surface area contributed by atoms with Gasteiger partial charge in [0.1, 0.15) is 0 Å². The lowest BCUT2D eigenvalue weighted by molar-refractivity contribution is 0.442. The molecule has 0 radical (unpaired) electrons. The van der Waals surface area contributed by atoms with Crippen LogP contribution in [0.1, 0.15) is 63.0 Å². The molecule has 0 heterocycles. The highest BCUT2D eigenvalue weighted by Crippen LogP contribution is 2.33. The topological polar surface area (TPSA) is 38.0 Å². The van der Waals surface area contributed by atoms with Crippen molar-refractivity contribution in [2.75, 3.05) is 13.2 Å². The van der Waals surface area contributed by atoms with Gasteiger partial charge in [0, 0.05) is 18.6 Å². The van der Waals surface area contributed by atoms with Crippen molar-refractivity contribution in [2.45, 2.75) is 57.3 Å². The molecule has 1 aliphatic rings. The normalized spacial score (nSPS) is 17.6. The Morgan fingerprint density at radius 1 is 1.11 bits per heavy atom. The van der Waals surface area contributed by atoms with Gasteiger partial charge in [0.2, 0.25) is 0 Å². The van der Waals surface area contributed by atoms with Crippen LogP contribution in [-0.4, -0.2) is 13.2 Å². The third-order valence-electron chi connectivity index (χ3n) is 4.48. The minimum absolute atomic E-state index is 0.143. The lowest BCUT2D eigenvalue weighted by Crippen LogP contribution is -2.35. The molecule has 2 heteroatoms. The maximum Gasteiger partial charge on any atom is 0.0429 e. The van der Waals surface area contributed by atoms with E-state index in [9.17, 15) is 0 Å². The standard InChI is InChI=1S/C17H28N2/c1-17(2,12-19-13-18)16-10-8-15(9-11-16)14-6-4-3-5-7-14/h8-11,14,19H,3-7,12-13,18H2,1-2H3. The molecule has 1 aromatic carbocycles. The highest BCUT2D eigenvalue weighted by molar-refractivity contribution is 5.30.